The molecule has 2 rings (SSSR count). The summed E-state index contributed by atoms with van der Waals surface area (Å²) in [6, 6.07) is 3.49. The number of amides is 2. The van der Waals surface area contributed by atoms with E-state index in [4.69, 9.17) is 5.73 Å². The smallest absolute Gasteiger partial charge is 0.342 e. The summed E-state index contributed by atoms with van der Waals surface area (Å²) in [5, 5.41) is 2.64. The van der Waals surface area contributed by atoms with E-state index in [0.717, 1.165) is 18.6 Å². The molecule has 3 N–H and O–H groups in total. The molecule has 2 amide bonds. The van der Waals surface area contributed by atoms with Gasteiger partial charge in [-0.05, 0) is 44.4 Å². The Labute approximate surface area is 144 Å². The molecule has 0 bridgehead atoms. The Balaban J connectivity index is 2.13. The quantitative estimate of drug-likeness (QED) is 0.866. The number of piperidine rings is 1. The number of halogens is 3. The van der Waals surface area contributed by atoms with Gasteiger partial charge in [0.2, 0.25) is 11.8 Å². The molecule has 1 aliphatic rings. The van der Waals surface area contributed by atoms with E-state index >= 15 is 0 Å². The first kappa shape index (κ1) is 19.2. The molecular formula is C17H22F3N3O2. The maximum atomic E-state index is 12.6. The Hall–Kier alpha value is -2.09. The molecule has 1 aliphatic heterocycles. The highest BCUT2D eigenvalue weighted by Crippen LogP contribution is 2.30. The summed E-state index contributed by atoms with van der Waals surface area (Å²) in [5.74, 6) is -0.756. The van der Waals surface area contributed by atoms with Crippen LogP contribution in [0.25, 0.3) is 0 Å². The Kier molecular flexibility index (Phi) is 5.41. The van der Waals surface area contributed by atoms with E-state index in [1.54, 1.807) is 4.90 Å². The monoisotopic (exact) mass is 357 g/mol. The van der Waals surface area contributed by atoms with Gasteiger partial charge in [0.25, 0.3) is 0 Å². The molecule has 0 aromatic heterocycles. The number of alkyl halides is 3. The van der Waals surface area contributed by atoms with Gasteiger partial charge in [0.15, 0.2) is 0 Å². The van der Waals surface area contributed by atoms with Crippen LogP contribution >= 0.6 is 0 Å². The number of benzene rings is 1. The van der Waals surface area contributed by atoms with Crippen molar-refractivity contribution in [3.8, 4) is 0 Å². The van der Waals surface area contributed by atoms with Crippen molar-refractivity contribution < 1.29 is 22.8 Å². The average Bonchev–Trinajstić information content (AvgIpc) is 2.56. The predicted octanol–water partition coefficient (Wildman–Crippen LogP) is 2.01. The highest BCUT2D eigenvalue weighted by atomic mass is 19.4. The molecule has 1 fully saturated rings. The van der Waals surface area contributed by atoms with Crippen LogP contribution in [0.4, 0.5) is 13.2 Å². The first-order valence-electron chi connectivity index (χ1n) is 8.13. The number of hydrogen-bond acceptors (Lipinski definition) is 3. The standard InChI is InChI=1S/C17H22F3N3O2/c1-3-23-10-4-5-13(14(23)24)22-15(25)16(2,21)11-6-8-12(9-7-11)17(18,19)20/h6-9,13H,3-5,10,21H2,1-2H3,(H,22,25). The van der Waals surface area contributed by atoms with Crippen molar-refractivity contribution in [2.24, 2.45) is 5.73 Å². The molecule has 1 saturated heterocycles. The minimum absolute atomic E-state index is 0.162. The van der Waals surface area contributed by atoms with Crippen molar-refractivity contribution in [2.75, 3.05) is 13.1 Å². The van der Waals surface area contributed by atoms with E-state index in [9.17, 15) is 22.8 Å². The van der Waals surface area contributed by atoms with Crippen LogP contribution in [0.15, 0.2) is 24.3 Å². The van der Waals surface area contributed by atoms with Gasteiger partial charge in [-0.25, -0.2) is 0 Å². The lowest BCUT2D eigenvalue weighted by Crippen LogP contribution is -2.57. The molecule has 2 unspecified atom stereocenters. The first-order valence-corrected chi connectivity index (χ1v) is 8.13. The molecule has 25 heavy (non-hydrogen) atoms. The van der Waals surface area contributed by atoms with E-state index in [2.05, 4.69) is 5.32 Å². The van der Waals surface area contributed by atoms with Crippen LogP contribution in [0.2, 0.25) is 0 Å². The predicted molar refractivity (Wildman–Crippen MR) is 86.4 cm³/mol. The fourth-order valence-corrected chi connectivity index (χ4v) is 2.83. The second kappa shape index (κ2) is 7.03. The zero-order valence-corrected chi connectivity index (χ0v) is 14.2. The summed E-state index contributed by atoms with van der Waals surface area (Å²) in [6.45, 7) is 4.48. The lowest BCUT2D eigenvalue weighted by Gasteiger charge is -2.34. The van der Waals surface area contributed by atoms with Crippen LogP contribution < -0.4 is 11.1 Å². The van der Waals surface area contributed by atoms with Gasteiger partial charge in [0, 0.05) is 13.1 Å². The fourth-order valence-electron chi connectivity index (χ4n) is 2.83. The van der Waals surface area contributed by atoms with Crippen molar-refractivity contribution in [1.82, 2.24) is 10.2 Å². The molecule has 0 saturated carbocycles. The Morgan fingerprint density at radius 1 is 1.28 bits per heavy atom. The maximum absolute atomic E-state index is 12.6. The summed E-state index contributed by atoms with van der Waals surface area (Å²) < 4.78 is 37.9. The number of carbonyl (C=O) groups excluding carboxylic acids is 2. The molecule has 0 radical (unpaired) electrons. The largest absolute Gasteiger partial charge is 0.416 e. The van der Waals surface area contributed by atoms with Gasteiger partial charge < -0.3 is 16.0 Å². The summed E-state index contributed by atoms with van der Waals surface area (Å²) in [5.41, 5.74) is 3.94. The summed E-state index contributed by atoms with van der Waals surface area (Å²) >= 11 is 0. The normalized spacial score (nSPS) is 21.0. The molecule has 5 nitrogen and oxygen atoms in total. The molecule has 138 valence electrons. The van der Waals surface area contributed by atoms with Gasteiger partial charge >= 0.3 is 6.18 Å². The van der Waals surface area contributed by atoms with Crippen LogP contribution in [0.1, 0.15) is 37.8 Å². The highest BCUT2D eigenvalue weighted by Gasteiger charge is 2.37. The minimum Gasteiger partial charge on any atom is -0.342 e. The van der Waals surface area contributed by atoms with Crippen molar-refractivity contribution in [2.45, 2.75) is 44.4 Å². The van der Waals surface area contributed by atoms with Crippen LogP contribution in [0.3, 0.4) is 0 Å². The second-order valence-corrected chi connectivity index (χ2v) is 6.36. The number of likely N-dealkylation sites (N-methyl/N-ethyl adjacent to an activating group) is 1. The van der Waals surface area contributed by atoms with Crippen molar-refractivity contribution in [3.63, 3.8) is 0 Å². The van der Waals surface area contributed by atoms with Gasteiger partial charge in [-0.2, -0.15) is 13.2 Å². The van der Waals surface area contributed by atoms with E-state index in [1.807, 2.05) is 6.92 Å². The third-order valence-electron chi connectivity index (χ3n) is 4.50. The van der Waals surface area contributed by atoms with Crippen LogP contribution in [-0.2, 0) is 21.3 Å². The molecule has 1 heterocycles. The molecule has 8 heteroatoms. The third-order valence-corrected chi connectivity index (χ3v) is 4.50. The van der Waals surface area contributed by atoms with Gasteiger partial charge in [-0.15, -0.1) is 0 Å². The van der Waals surface area contributed by atoms with Crippen molar-refractivity contribution in [3.05, 3.63) is 35.4 Å². The van der Waals surface area contributed by atoms with Gasteiger partial charge in [0.1, 0.15) is 11.6 Å². The topological polar surface area (TPSA) is 75.4 Å². The molecular weight excluding hydrogens is 335 g/mol. The Bertz CT molecular complexity index is 642. The van der Waals surface area contributed by atoms with Gasteiger partial charge in [-0.1, -0.05) is 12.1 Å². The number of nitrogens with zero attached hydrogens (tertiary/aromatic N) is 1. The number of nitrogens with two attached hydrogens (primary N) is 1. The molecule has 1 aromatic rings. The van der Waals surface area contributed by atoms with Gasteiger partial charge in [-0.3, -0.25) is 9.59 Å². The molecule has 1 aromatic carbocycles. The highest BCUT2D eigenvalue weighted by molar-refractivity contribution is 5.92. The molecule has 0 aliphatic carbocycles. The van der Waals surface area contributed by atoms with Crippen LogP contribution in [0.5, 0.6) is 0 Å². The number of carbonyl (C=O) groups is 2. The van der Waals surface area contributed by atoms with Crippen molar-refractivity contribution >= 4 is 11.8 Å². The lowest BCUT2D eigenvalue weighted by molar-refractivity contribution is -0.140. The van der Waals surface area contributed by atoms with Gasteiger partial charge in [0.05, 0.1) is 5.56 Å². The van der Waals surface area contributed by atoms with Crippen LogP contribution in [0, 0.1) is 0 Å². The Morgan fingerprint density at radius 3 is 2.36 bits per heavy atom. The SMILES string of the molecule is CCN1CCCC(NC(=O)C(C)(N)c2ccc(C(F)(F)F)cc2)C1=O. The minimum atomic E-state index is -4.45. The van der Waals surface area contributed by atoms with E-state index in [-0.39, 0.29) is 11.5 Å². The Morgan fingerprint density at radius 2 is 1.84 bits per heavy atom. The fraction of sp³-hybridized carbons (Fsp3) is 0.529. The lowest BCUT2D eigenvalue weighted by atomic mass is 9.90. The van der Waals surface area contributed by atoms with Crippen molar-refractivity contribution in [1.29, 1.82) is 0 Å². The average molecular weight is 357 g/mol. The number of nitrogens with one attached hydrogen (secondary N) is 1. The summed E-state index contributed by atoms with van der Waals surface area (Å²) in [6.07, 6.45) is -3.17. The van der Waals surface area contributed by atoms with E-state index in [0.29, 0.717) is 19.5 Å². The van der Waals surface area contributed by atoms with E-state index < -0.39 is 29.2 Å². The second-order valence-electron chi connectivity index (χ2n) is 6.36. The number of hydrogen-bond donors (Lipinski definition) is 2. The molecule has 0 spiro atoms. The molecule has 2 atom stereocenters. The zero-order valence-electron chi connectivity index (χ0n) is 14.2. The first-order chi connectivity index (χ1) is 11.6. The number of likely N-dealkylation sites (tertiary alicyclic amines) is 1. The number of rotatable bonds is 4. The summed E-state index contributed by atoms with van der Waals surface area (Å²) in [4.78, 5) is 26.4. The van der Waals surface area contributed by atoms with Crippen LogP contribution in [-0.4, -0.2) is 35.8 Å². The summed E-state index contributed by atoms with van der Waals surface area (Å²) in [7, 11) is 0. The van der Waals surface area contributed by atoms with E-state index in [1.165, 1.54) is 19.1 Å². The maximum Gasteiger partial charge on any atom is 0.416 e. The third kappa shape index (κ3) is 4.12. The zero-order chi connectivity index (χ0) is 18.8.